The van der Waals surface area contributed by atoms with Gasteiger partial charge in [-0.25, -0.2) is 19.2 Å². The monoisotopic (exact) mass is 501 g/mol. The summed E-state index contributed by atoms with van der Waals surface area (Å²) in [5, 5.41) is 8.21. The third kappa shape index (κ3) is 5.04. The van der Waals surface area contributed by atoms with Crippen molar-refractivity contribution in [3.8, 4) is 17.5 Å². The van der Waals surface area contributed by atoms with E-state index in [1.54, 1.807) is 60.4 Å². The van der Waals surface area contributed by atoms with E-state index in [1.165, 1.54) is 24.1 Å². The summed E-state index contributed by atoms with van der Waals surface area (Å²) in [7, 11) is 1.41. The Morgan fingerprint density at radius 3 is 2.59 bits per heavy atom. The summed E-state index contributed by atoms with van der Waals surface area (Å²) in [5.41, 5.74) is 1.43. The number of anilines is 1. The summed E-state index contributed by atoms with van der Waals surface area (Å²) < 4.78 is 43.7. The molecule has 184 valence electrons. The molecule has 2 aromatic carbocycles. The molecule has 5 aromatic rings. The van der Waals surface area contributed by atoms with Crippen molar-refractivity contribution in [2.24, 2.45) is 0 Å². The normalized spacial score (nSPS) is 11.3. The van der Waals surface area contributed by atoms with Gasteiger partial charge in [-0.05, 0) is 43.3 Å². The first-order chi connectivity index (χ1) is 17.7. The largest absolute Gasteiger partial charge is 0.416 e. The predicted octanol–water partition coefficient (Wildman–Crippen LogP) is 4.31. The van der Waals surface area contributed by atoms with Crippen LogP contribution in [0.25, 0.3) is 11.3 Å². The molecule has 5 rings (SSSR count). The second-order valence-corrected chi connectivity index (χ2v) is 8.14. The Morgan fingerprint density at radius 1 is 1.03 bits per heavy atom. The molecule has 37 heavy (non-hydrogen) atoms. The van der Waals surface area contributed by atoms with E-state index in [0.717, 1.165) is 17.0 Å². The second-order valence-electron chi connectivity index (χ2n) is 8.14. The average molecular weight is 501 g/mol. The number of rotatable bonds is 3. The maximum absolute atomic E-state index is 13.6. The number of carbonyl (C=O) groups is 1. The lowest BCUT2D eigenvalue weighted by atomic mass is 10.1. The quantitative estimate of drug-likeness (QED) is 0.344. The molecule has 0 atom stereocenters. The number of carbonyl (C=O) groups excluding carboxylic acids is 1. The molecule has 0 aliphatic heterocycles. The average Bonchev–Trinajstić information content (AvgIpc) is 3.54. The molecule has 0 bridgehead atoms. The highest BCUT2D eigenvalue weighted by Gasteiger charge is 2.32. The lowest BCUT2D eigenvalue weighted by Crippen LogP contribution is -2.27. The standard InChI is InChI=1S/C26H18F3N7O/c1-17-31-16-36(33-17)23-12-21(26(27,28)29)11-22(13-23)34(2)25(37)20-5-3-4-18(10-20)6-7-19-14-30-24-8-9-32-35(24)15-19/h3-5,8-16H,1-2H3. The summed E-state index contributed by atoms with van der Waals surface area (Å²) >= 11 is 0. The lowest BCUT2D eigenvalue weighted by Gasteiger charge is -2.20. The van der Waals surface area contributed by atoms with Gasteiger partial charge in [0.1, 0.15) is 12.2 Å². The minimum atomic E-state index is -4.62. The lowest BCUT2D eigenvalue weighted by molar-refractivity contribution is -0.137. The summed E-state index contributed by atoms with van der Waals surface area (Å²) in [6.07, 6.45) is 1.69. The number of benzene rings is 2. The highest BCUT2D eigenvalue weighted by atomic mass is 19.4. The van der Waals surface area contributed by atoms with Gasteiger partial charge in [-0.2, -0.15) is 23.4 Å². The Balaban J connectivity index is 1.45. The van der Waals surface area contributed by atoms with Crippen LogP contribution in [0.1, 0.15) is 32.9 Å². The topological polar surface area (TPSA) is 81.2 Å². The number of hydrogen-bond donors (Lipinski definition) is 0. The van der Waals surface area contributed by atoms with Crippen molar-refractivity contribution in [2.75, 3.05) is 11.9 Å². The Morgan fingerprint density at radius 2 is 1.84 bits per heavy atom. The zero-order chi connectivity index (χ0) is 26.2. The molecule has 0 spiro atoms. The molecule has 11 heteroatoms. The van der Waals surface area contributed by atoms with Crippen LogP contribution in [0.5, 0.6) is 0 Å². The summed E-state index contributed by atoms with van der Waals surface area (Å²) in [6, 6.07) is 11.7. The molecule has 3 aromatic heterocycles. The molecule has 8 nitrogen and oxygen atoms in total. The fraction of sp³-hybridized carbons (Fsp3) is 0.115. The van der Waals surface area contributed by atoms with Crippen molar-refractivity contribution in [1.29, 1.82) is 0 Å². The molecule has 0 saturated carbocycles. The number of amides is 1. The van der Waals surface area contributed by atoms with Crippen molar-refractivity contribution in [3.63, 3.8) is 0 Å². The van der Waals surface area contributed by atoms with Crippen molar-refractivity contribution >= 4 is 17.2 Å². The molecule has 1 amide bonds. The number of aryl methyl sites for hydroxylation is 1. The summed E-state index contributed by atoms with van der Waals surface area (Å²) in [6.45, 7) is 1.63. The van der Waals surface area contributed by atoms with Gasteiger partial charge in [-0.1, -0.05) is 17.9 Å². The van der Waals surface area contributed by atoms with E-state index in [1.807, 2.05) is 0 Å². The smallest absolute Gasteiger partial charge is 0.311 e. The van der Waals surface area contributed by atoms with Crippen LogP contribution in [0.2, 0.25) is 0 Å². The molecule has 3 heterocycles. The number of hydrogen-bond acceptors (Lipinski definition) is 5. The van der Waals surface area contributed by atoms with Gasteiger partial charge >= 0.3 is 6.18 Å². The van der Waals surface area contributed by atoms with Crippen molar-refractivity contribution in [2.45, 2.75) is 13.1 Å². The fourth-order valence-corrected chi connectivity index (χ4v) is 3.61. The van der Waals surface area contributed by atoms with Gasteiger partial charge in [0.05, 0.1) is 23.0 Å². The molecular weight excluding hydrogens is 483 g/mol. The third-order valence-electron chi connectivity index (χ3n) is 5.50. The predicted molar refractivity (Wildman–Crippen MR) is 129 cm³/mol. The van der Waals surface area contributed by atoms with Crippen LogP contribution < -0.4 is 4.90 Å². The summed E-state index contributed by atoms with van der Waals surface area (Å²) in [4.78, 5) is 22.6. The van der Waals surface area contributed by atoms with E-state index < -0.39 is 17.6 Å². The molecule has 0 unspecified atom stereocenters. The maximum Gasteiger partial charge on any atom is 0.416 e. The van der Waals surface area contributed by atoms with Crippen LogP contribution in [-0.4, -0.2) is 42.3 Å². The molecule has 0 fully saturated rings. The number of nitrogens with zero attached hydrogens (tertiary/aromatic N) is 7. The molecule has 0 radical (unpaired) electrons. The van der Waals surface area contributed by atoms with Crippen LogP contribution >= 0.6 is 0 Å². The van der Waals surface area contributed by atoms with Crippen LogP contribution in [-0.2, 0) is 6.18 Å². The first kappa shape index (κ1) is 23.7. The van der Waals surface area contributed by atoms with Crippen LogP contribution in [0.3, 0.4) is 0 Å². The van der Waals surface area contributed by atoms with Crippen LogP contribution in [0, 0.1) is 18.8 Å². The van der Waals surface area contributed by atoms with Gasteiger partial charge in [-0.15, -0.1) is 0 Å². The first-order valence-corrected chi connectivity index (χ1v) is 11.0. The highest BCUT2D eigenvalue weighted by molar-refractivity contribution is 6.06. The molecule has 0 aliphatic rings. The van der Waals surface area contributed by atoms with E-state index >= 15 is 0 Å². The first-order valence-electron chi connectivity index (χ1n) is 11.0. The van der Waals surface area contributed by atoms with Crippen LogP contribution in [0.15, 0.2) is 73.4 Å². The van der Waals surface area contributed by atoms with Crippen molar-refractivity contribution in [1.82, 2.24) is 29.4 Å². The minimum Gasteiger partial charge on any atom is -0.311 e. The Labute approximate surface area is 209 Å². The van der Waals surface area contributed by atoms with Gasteiger partial charge in [0.2, 0.25) is 0 Å². The van der Waals surface area contributed by atoms with Crippen LogP contribution in [0.4, 0.5) is 18.9 Å². The highest BCUT2D eigenvalue weighted by Crippen LogP contribution is 2.34. The zero-order valence-corrected chi connectivity index (χ0v) is 19.6. The van der Waals surface area contributed by atoms with E-state index in [-0.39, 0.29) is 16.9 Å². The van der Waals surface area contributed by atoms with E-state index in [0.29, 0.717) is 22.6 Å². The van der Waals surface area contributed by atoms with Gasteiger partial charge < -0.3 is 4.90 Å². The molecule has 0 N–H and O–H groups in total. The van der Waals surface area contributed by atoms with E-state index in [4.69, 9.17) is 0 Å². The van der Waals surface area contributed by atoms with Crippen molar-refractivity contribution < 1.29 is 18.0 Å². The van der Waals surface area contributed by atoms with Gasteiger partial charge in [0.25, 0.3) is 5.91 Å². The molecule has 0 aliphatic carbocycles. The molecular formula is C26H18F3N7O. The second kappa shape index (κ2) is 9.23. The van der Waals surface area contributed by atoms with Gasteiger partial charge in [0, 0.05) is 42.3 Å². The van der Waals surface area contributed by atoms with Gasteiger partial charge in [0.15, 0.2) is 5.65 Å². The maximum atomic E-state index is 13.6. The fourth-order valence-electron chi connectivity index (χ4n) is 3.61. The zero-order valence-electron chi connectivity index (χ0n) is 19.6. The third-order valence-corrected chi connectivity index (χ3v) is 5.50. The minimum absolute atomic E-state index is 0.0538. The number of aromatic nitrogens is 6. The van der Waals surface area contributed by atoms with Crippen molar-refractivity contribution in [3.05, 3.63) is 102 Å². The van der Waals surface area contributed by atoms with Gasteiger partial charge in [-0.3, -0.25) is 4.79 Å². The number of fused-ring (bicyclic) bond motifs is 1. The Kier molecular flexibility index (Phi) is 5.93. The summed E-state index contributed by atoms with van der Waals surface area (Å²) in [5.74, 6) is 5.87. The SMILES string of the molecule is Cc1ncn(-c2cc(N(C)C(=O)c3cccc(C#Cc4cnc5ccnn5c4)c3)cc(C(F)(F)F)c2)n1. The number of halogens is 3. The van der Waals surface area contributed by atoms with E-state index in [2.05, 4.69) is 32.0 Å². The Hall–Kier alpha value is -4.98. The Bertz CT molecular complexity index is 1690. The number of alkyl halides is 3. The van der Waals surface area contributed by atoms with E-state index in [9.17, 15) is 18.0 Å². The molecule has 0 saturated heterocycles.